The van der Waals surface area contributed by atoms with Gasteiger partial charge in [-0.05, 0) is 36.4 Å². The van der Waals surface area contributed by atoms with Gasteiger partial charge in [-0.3, -0.25) is 10.2 Å². The third-order valence-corrected chi connectivity index (χ3v) is 3.89. The fourth-order valence-electron chi connectivity index (χ4n) is 2.51. The molecule has 0 saturated heterocycles. The number of rotatable bonds is 2. The molecule has 2 aromatic carbocycles. The van der Waals surface area contributed by atoms with E-state index in [0.717, 1.165) is 22.3 Å². The molecule has 23 heavy (non-hydrogen) atoms. The molecule has 0 aliphatic carbocycles. The molecule has 3 aromatic rings. The molecule has 1 aliphatic rings. The molecule has 0 atom stereocenters. The van der Waals surface area contributed by atoms with Crippen molar-refractivity contribution >= 4 is 34.6 Å². The molecule has 1 aliphatic heterocycles. The summed E-state index contributed by atoms with van der Waals surface area (Å²) in [6.45, 7) is 0.215. The summed E-state index contributed by atoms with van der Waals surface area (Å²) in [5.41, 5.74) is 5.79. The number of nitrogens with one attached hydrogen (secondary N) is 1. The van der Waals surface area contributed by atoms with Crippen LogP contribution in [0.1, 0.15) is 5.56 Å². The van der Waals surface area contributed by atoms with E-state index in [1.807, 2.05) is 24.3 Å². The molecule has 2 heterocycles. The highest BCUT2D eigenvalue weighted by molar-refractivity contribution is 6.30. The number of fused-ring (bicyclic) bond motifs is 2. The molecule has 5 nitrogen and oxygen atoms in total. The van der Waals surface area contributed by atoms with Crippen LogP contribution < -0.4 is 10.2 Å². The summed E-state index contributed by atoms with van der Waals surface area (Å²) in [5, 5.41) is 0.603. The van der Waals surface area contributed by atoms with E-state index < -0.39 is 0 Å². The summed E-state index contributed by atoms with van der Waals surface area (Å²) in [4.78, 5) is 16.7. The lowest BCUT2D eigenvalue weighted by Crippen LogP contribution is -2.27. The van der Waals surface area contributed by atoms with Crippen LogP contribution >= 0.6 is 11.6 Å². The second-order valence-corrected chi connectivity index (χ2v) is 5.62. The Kier molecular flexibility index (Phi) is 3.28. The Hall–Kier alpha value is -2.79. The van der Waals surface area contributed by atoms with Crippen LogP contribution in [0.4, 0.5) is 0 Å². The van der Waals surface area contributed by atoms with Gasteiger partial charge < -0.3 is 4.74 Å². The monoisotopic (exact) mass is 325 g/mol. The summed E-state index contributed by atoms with van der Waals surface area (Å²) in [6, 6.07) is 12.9. The van der Waals surface area contributed by atoms with Gasteiger partial charge in [-0.1, -0.05) is 23.7 Å². The number of carbonyl (C=O) groups excluding carboxylic acids is 1. The number of aromatic nitrogens is 2. The minimum Gasteiger partial charge on any atom is -0.488 e. The molecule has 1 amide bonds. The van der Waals surface area contributed by atoms with Crippen molar-refractivity contribution in [3.8, 4) is 5.75 Å². The number of nitrogens with zero attached hydrogens (tertiary/aromatic N) is 2. The number of halogens is 1. The predicted molar refractivity (Wildman–Crippen MR) is 89.0 cm³/mol. The SMILES string of the molecule is O=C(Nn1cnc2ccccc21)C1=Cc2cc(Cl)ccc2OC1. The topological polar surface area (TPSA) is 56.2 Å². The summed E-state index contributed by atoms with van der Waals surface area (Å²) in [7, 11) is 0. The van der Waals surface area contributed by atoms with E-state index in [1.165, 1.54) is 0 Å². The second kappa shape index (κ2) is 5.44. The molecular weight excluding hydrogens is 314 g/mol. The van der Waals surface area contributed by atoms with Gasteiger partial charge >= 0.3 is 0 Å². The molecule has 4 rings (SSSR count). The van der Waals surface area contributed by atoms with Crippen LogP contribution in [-0.4, -0.2) is 22.2 Å². The van der Waals surface area contributed by atoms with E-state index in [2.05, 4.69) is 10.4 Å². The van der Waals surface area contributed by atoms with Crippen molar-refractivity contribution in [2.75, 3.05) is 12.0 Å². The Balaban J connectivity index is 1.62. The van der Waals surface area contributed by atoms with Gasteiger partial charge in [0.15, 0.2) is 0 Å². The number of benzene rings is 2. The van der Waals surface area contributed by atoms with Gasteiger partial charge in [-0.2, -0.15) is 0 Å². The Labute approximate surface area is 137 Å². The van der Waals surface area contributed by atoms with Gasteiger partial charge in [0.25, 0.3) is 5.91 Å². The van der Waals surface area contributed by atoms with Crippen molar-refractivity contribution in [2.45, 2.75) is 0 Å². The van der Waals surface area contributed by atoms with E-state index in [1.54, 1.807) is 35.3 Å². The Morgan fingerprint density at radius 3 is 3.04 bits per heavy atom. The lowest BCUT2D eigenvalue weighted by Gasteiger charge is -2.18. The number of carbonyl (C=O) groups is 1. The number of hydrogen-bond donors (Lipinski definition) is 1. The van der Waals surface area contributed by atoms with E-state index in [9.17, 15) is 4.79 Å². The molecule has 114 valence electrons. The van der Waals surface area contributed by atoms with Crippen LogP contribution in [0.15, 0.2) is 54.4 Å². The van der Waals surface area contributed by atoms with E-state index in [4.69, 9.17) is 16.3 Å². The normalized spacial score (nSPS) is 13.2. The summed E-state index contributed by atoms with van der Waals surface area (Å²) in [5.74, 6) is 0.484. The lowest BCUT2D eigenvalue weighted by atomic mass is 10.1. The first-order valence-electron chi connectivity index (χ1n) is 7.07. The van der Waals surface area contributed by atoms with Crippen molar-refractivity contribution in [1.29, 1.82) is 0 Å². The molecule has 1 N–H and O–H groups in total. The Bertz CT molecular complexity index is 946. The standard InChI is InChI=1S/C17H12ClN3O2/c18-13-5-6-16-11(8-13)7-12(9-23-16)17(22)20-21-10-19-14-3-1-2-4-15(14)21/h1-8,10H,9H2,(H,20,22). The quantitative estimate of drug-likeness (QED) is 0.787. The minimum absolute atomic E-state index is 0.215. The molecule has 0 fully saturated rings. The minimum atomic E-state index is -0.237. The molecule has 0 bridgehead atoms. The summed E-state index contributed by atoms with van der Waals surface area (Å²) < 4.78 is 7.21. The van der Waals surface area contributed by atoms with Crippen LogP contribution in [-0.2, 0) is 4.79 Å². The summed E-state index contributed by atoms with van der Waals surface area (Å²) in [6.07, 6.45) is 3.37. The third kappa shape index (κ3) is 2.55. The van der Waals surface area contributed by atoms with Crippen molar-refractivity contribution in [1.82, 2.24) is 9.66 Å². The predicted octanol–water partition coefficient (Wildman–Crippen LogP) is 3.24. The van der Waals surface area contributed by atoms with Gasteiger partial charge in [0.2, 0.25) is 0 Å². The molecule has 0 spiro atoms. The van der Waals surface area contributed by atoms with Crippen LogP contribution in [0.25, 0.3) is 17.1 Å². The molecule has 0 radical (unpaired) electrons. The van der Waals surface area contributed by atoms with Gasteiger partial charge in [0.1, 0.15) is 18.7 Å². The number of amides is 1. The number of ether oxygens (including phenoxy) is 1. The summed E-state index contributed by atoms with van der Waals surface area (Å²) >= 11 is 5.99. The van der Waals surface area contributed by atoms with Gasteiger partial charge in [-0.25, -0.2) is 9.66 Å². The molecule has 1 aromatic heterocycles. The van der Waals surface area contributed by atoms with E-state index in [-0.39, 0.29) is 12.5 Å². The zero-order valence-electron chi connectivity index (χ0n) is 12.0. The average molecular weight is 326 g/mol. The molecule has 0 saturated carbocycles. The maximum Gasteiger partial charge on any atom is 0.269 e. The van der Waals surface area contributed by atoms with E-state index in [0.29, 0.717) is 10.6 Å². The van der Waals surface area contributed by atoms with Crippen molar-refractivity contribution in [3.63, 3.8) is 0 Å². The van der Waals surface area contributed by atoms with Crippen molar-refractivity contribution in [3.05, 3.63) is 65.0 Å². The smallest absolute Gasteiger partial charge is 0.269 e. The molecule has 0 unspecified atom stereocenters. The van der Waals surface area contributed by atoms with Crippen LogP contribution in [0, 0.1) is 0 Å². The number of hydrogen-bond acceptors (Lipinski definition) is 3. The first-order valence-corrected chi connectivity index (χ1v) is 7.45. The van der Waals surface area contributed by atoms with Gasteiger partial charge in [0.05, 0.1) is 16.6 Å². The fourth-order valence-corrected chi connectivity index (χ4v) is 2.69. The maximum atomic E-state index is 12.5. The van der Waals surface area contributed by atoms with Crippen LogP contribution in [0.5, 0.6) is 5.75 Å². The van der Waals surface area contributed by atoms with Crippen molar-refractivity contribution in [2.24, 2.45) is 0 Å². The highest BCUT2D eigenvalue weighted by Crippen LogP contribution is 2.29. The average Bonchev–Trinajstić information content (AvgIpc) is 2.97. The number of imidazole rings is 1. The largest absolute Gasteiger partial charge is 0.488 e. The van der Waals surface area contributed by atoms with E-state index >= 15 is 0 Å². The van der Waals surface area contributed by atoms with Crippen LogP contribution in [0.3, 0.4) is 0 Å². The number of para-hydroxylation sites is 2. The fraction of sp³-hybridized carbons (Fsp3) is 0.0588. The Morgan fingerprint density at radius 1 is 1.26 bits per heavy atom. The zero-order chi connectivity index (χ0) is 15.8. The lowest BCUT2D eigenvalue weighted by molar-refractivity contribution is -0.114. The van der Waals surface area contributed by atoms with Gasteiger partial charge in [-0.15, -0.1) is 0 Å². The highest BCUT2D eigenvalue weighted by atomic mass is 35.5. The molecular formula is C17H12ClN3O2. The van der Waals surface area contributed by atoms with Gasteiger partial charge in [0, 0.05) is 10.6 Å². The molecule has 6 heteroatoms. The highest BCUT2D eigenvalue weighted by Gasteiger charge is 2.18. The maximum absolute atomic E-state index is 12.5. The van der Waals surface area contributed by atoms with Crippen LogP contribution in [0.2, 0.25) is 5.02 Å². The third-order valence-electron chi connectivity index (χ3n) is 3.65. The first kappa shape index (κ1) is 13.8. The zero-order valence-corrected chi connectivity index (χ0v) is 12.7. The van der Waals surface area contributed by atoms with Crippen molar-refractivity contribution < 1.29 is 9.53 Å². The first-order chi connectivity index (χ1) is 11.2. The second-order valence-electron chi connectivity index (χ2n) is 5.18. The Morgan fingerprint density at radius 2 is 2.13 bits per heavy atom.